The molecule has 2 aliphatic rings. The fraction of sp³-hybridized carbons (Fsp3) is 0.632. The van der Waals surface area contributed by atoms with E-state index in [1.165, 1.54) is 37.7 Å². The quantitative estimate of drug-likeness (QED) is 0.929. The molecule has 3 rings (SSSR count). The summed E-state index contributed by atoms with van der Waals surface area (Å²) in [5.41, 5.74) is 7.23. The Morgan fingerprint density at radius 2 is 1.96 bits per heavy atom. The smallest absolute Gasteiger partial charge is 0.248 e. The third kappa shape index (κ3) is 4.12. The van der Waals surface area contributed by atoms with E-state index in [4.69, 9.17) is 10.5 Å². The molecule has 4 heteroatoms. The van der Waals surface area contributed by atoms with Gasteiger partial charge in [0, 0.05) is 25.2 Å². The minimum absolute atomic E-state index is 0.103. The number of amides is 1. The van der Waals surface area contributed by atoms with Crippen molar-refractivity contribution in [1.82, 2.24) is 4.90 Å². The van der Waals surface area contributed by atoms with E-state index < -0.39 is 0 Å². The zero-order valence-corrected chi connectivity index (χ0v) is 14.1. The van der Waals surface area contributed by atoms with E-state index >= 15 is 0 Å². The van der Waals surface area contributed by atoms with Crippen LogP contribution in [0, 0.1) is 0 Å². The van der Waals surface area contributed by atoms with E-state index in [-0.39, 0.29) is 11.5 Å². The lowest BCUT2D eigenvalue weighted by Gasteiger charge is -2.47. The lowest BCUT2D eigenvalue weighted by molar-refractivity contribution is -0.163. The monoisotopic (exact) mass is 316 g/mol. The summed E-state index contributed by atoms with van der Waals surface area (Å²) in [6.45, 7) is 5.33. The van der Waals surface area contributed by atoms with Gasteiger partial charge in [-0.05, 0) is 43.9 Å². The van der Waals surface area contributed by atoms with Gasteiger partial charge in [0.2, 0.25) is 5.91 Å². The van der Waals surface area contributed by atoms with Crippen LogP contribution in [0.3, 0.4) is 0 Å². The molecule has 1 atom stereocenters. The largest absolute Gasteiger partial charge is 0.369 e. The van der Waals surface area contributed by atoms with E-state index in [1.807, 2.05) is 24.3 Å². The number of nitrogens with zero attached hydrogens (tertiary/aromatic N) is 1. The second-order valence-electron chi connectivity index (χ2n) is 7.22. The lowest BCUT2D eigenvalue weighted by Crippen LogP contribution is -2.56. The Morgan fingerprint density at radius 3 is 2.61 bits per heavy atom. The standard InChI is InChI=1S/C19H28N2O2/c1-15-13-21(14-19(23-15)10-3-2-4-11-19)12-9-16-5-7-17(8-6-16)18(20)22/h5-8,15H,2-4,9-14H2,1H3,(H2,20,22). The Morgan fingerprint density at radius 1 is 1.26 bits per heavy atom. The summed E-state index contributed by atoms with van der Waals surface area (Å²) in [7, 11) is 0. The number of nitrogens with two attached hydrogens (primary N) is 1. The second kappa shape index (κ2) is 7.02. The van der Waals surface area contributed by atoms with Crippen LogP contribution in [0.15, 0.2) is 24.3 Å². The van der Waals surface area contributed by atoms with Crippen molar-refractivity contribution < 1.29 is 9.53 Å². The summed E-state index contributed by atoms with van der Waals surface area (Å²) in [5.74, 6) is -0.363. The van der Waals surface area contributed by atoms with Crippen LogP contribution in [0.5, 0.6) is 0 Å². The van der Waals surface area contributed by atoms with E-state index in [0.29, 0.717) is 11.7 Å². The first-order chi connectivity index (χ1) is 11.1. The summed E-state index contributed by atoms with van der Waals surface area (Å²) in [6.07, 6.45) is 7.69. The minimum atomic E-state index is -0.363. The molecule has 1 spiro atoms. The van der Waals surface area contributed by atoms with Gasteiger partial charge in [-0.15, -0.1) is 0 Å². The van der Waals surface area contributed by atoms with E-state index in [0.717, 1.165) is 26.1 Å². The number of morpholine rings is 1. The summed E-state index contributed by atoms with van der Waals surface area (Å²) >= 11 is 0. The highest BCUT2D eigenvalue weighted by Gasteiger charge is 2.39. The van der Waals surface area contributed by atoms with Crippen molar-refractivity contribution in [2.24, 2.45) is 5.73 Å². The van der Waals surface area contributed by atoms with Crippen LogP contribution in [-0.2, 0) is 11.2 Å². The molecule has 1 aliphatic heterocycles. The number of carbonyl (C=O) groups is 1. The molecule has 2 fully saturated rings. The molecule has 0 aromatic heterocycles. The van der Waals surface area contributed by atoms with Crippen molar-refractivity contribution in [3.8, 4) is 0 Å². The maximum atomic E-state index is 11.1. The zero-order valence-electron chi connectivity index (χ0n) is 14.1. The summed E-state index contributed by atoms with van der Waals surface area (Å²) in [5, 5.41) is 0. The Hall–Kier alpha value is -1.39. The average molecular weight is 316 g/mol. The first-order valence-corrected chi connectivity index (χ1v) is 8.85. The van der Waals surface area contributed by atoms with E-state index in [1.54, 1.807) is 0 Å². The van der Waals surface area contributed by atoms with Crippen molar-refractivity contribution in [3.05, 3.63) is 35.4 Å². The third-order valence-electron chi connectivity index (χ3n) is 5.20. The molecule has 1 unspecified atom stereocenters. The zero-order chi connectivity index (χ0) is 16.3. The van der Waals surface area contributed by atoms with Gasteiger partial charge in [-0.2, -0.15) is 0 Å². The molecular formula is C19H28N2O2. The van der Waals surface area contributed by atoms with Crippen molar-refractivity contribution in [2.45, 2.75) is 57.2 Å². The molecule has 1 saturated carbocycles. The topological polar surface area (TPSA) is 55.6 Å². The summed E-state index contributed by atoms with van der Waals surface area (Å²) in [6, 6.07) is 7.67. The molecule has 126 valence electrons. The molecular weight excluding hydrogens is 288 g/mol. The number of benzene rings is 1. The van der Waals surface area contributed by atoms with Crippen LogP contribution in [0.25, 0.3) is 0 Å². The predicted molar refractivity (Wildman–Crippen MR) is 91.5 cm³/mol. The van der Waals surface area contributed by atoms with Gasteiger partial charge in [-0.3, -0.25) is 9.69 Å². The number of ether oxygens (including phenoxy) is 1. The predicted octanol–water partition coefficient (Wildman–Crippen LogP) is 2.75. The molecule has 1 aromatic carbocycles. The summed E-state index contributed by atoms with van der Waals surface area (Å²) < 4.78 is 6.35. The van der Waals surface area contributed by atoms with E-state index in [2.05, 4.69) is 11.8 Å². The number of rotatable bonds is 4. The molecule has 1 aliphatic carbocycles. The van der Waals surface area contributed by atoms with Crippen LogP contribution in [0.1, 0.15) is 54.9 Å². The van der Waals surface area contributed by atoms with Crippen LogP contribution in [0.4, 0.5) is 0 Å². The van der Waals surface area contributed by atoms with E-state index in [9.17, 15) is 4.79 Å². The van der Waals surface area contributed by atoms with Crippen molar-refractivity contribution >= 4 is 5.91 Å². The average Bonchev–Trinajstić information content (AvgIpc) is 2.53. The highest BCUT2D eigenvalue weighted by molar-refractivity contribution is 5.92. The fourth-order valence-corrected chi connectivity index (χ4v) is 4.10. The molecule has 0 bridgehead atoms. The second-order valence-corrected chi connectivity index (χ2v) is 7.22. The van der Waals surface area contributed by atoms with Gasteiger partial charge in [-0.1, -0.05) is 31.4 Å². The fourth-order valence-electron chi connectivity index (χ4n) is 4.10. The molecule has 1 saturated heterocycles. The Balaban J connectivity index is 1.57. The molecule has 2 N–H and O–H groups in total. The van der Waals surface area contributed by atoms with Crippen LogP contribution >= 0.6 is 0 Å². The number of hydrogen-bond acceptors (Lipinski definition) is 3. The molecule has 0 radical (unpaired) electrons. The van der Waals surface area contributed by atoms with Crippen LogP contribution < -0.4 is 5.73 Å². The van der Waals surface area contributed by atoms with Crippen molar-refractivity contribution in [2.75, 3.05) is 19.6 Å². The van der Waals surface area contributed by atoms with Gasteiger partial charge in [-0.25, -0.2) is 0 Å². The highest BCUT2D eigenvalue weighted by Crippen LogP contribution is 2.36. The van der Waals surface area contributed by atoms with Gasteiger partial charge >= 0.3 is 0 Å². The number of hydrogen-bond donors (Lipinski definition) is 1. The van der Waals surface area contributed by atoms with Gasteiger partial charge in [0.1, 0.15) is 0 Å². The maximum absolute atomic E-state index is 11.1. The van der Waals surface area contributed by atoms with Gasteiger partial charge in [0.25, 0.3) is 0 Å². The van der Waals surface area contributed by atoms with Gasteiger partial charge < -0.3 is 10.5 Å². The SMILES string of the molecule is CC1CN(CCc2ccc(C(N)=O)cc2)CC2(CCCCC2)O1. The Labute approximate surface area is 139 Å². The number of carbonyl (C=O) groups excluding carboxylic acids is 1. The molecule has 1 aromatic rings. The Kier molecular flexibility index (Phi) is 5.02. The van der Waals surface area contributed by atoms with Crippen molar-refractivity contribution in [1.29, 1.82) is 0 Å². The molecule has 4 nitrogen and oxygen atoms in total. The highest BCUT2D eigenvalue weighted by atomic mass is 16.5. The normalized spacial score (nSPS) is 24.7. The first kappa shape index (κ1) is 16.5. The molecule has 1 heterocycles. The van der Waals surface area contributed by atoms with Crippen LogP contribution in [-0.4, -0.2) is 42.1 Å². The Bertz CT molecular complexity index is 535. The first-order valence-electron chi connectivity index (χ1n) is 8.85. The van der Waals surface area contributed by atoms with Crippen molar-refractivity contribution in [3.63, 3.8) is 0 Å². The number of primary amides is 1. The van der Waals surface area contributed by atoms with Crippen LogP contribution in [0.2, 0.25) is 0 Å². The minimum Gasteiger partial charge on any atom is -0.369 e. The third-order valence-corrected chi connectivity index (χ3v) is 5.20. The van der Waals surface area contributed by atoms with Gasteiger partial charge in [0.05, 0.1) is 11.7 Å². The molecule has 1 amide bonds. The maximum Gasteiger partial charge on any atom is 0.248 e. The van der Waals surface area contributed by atoms with Gasteiger partial charge in [0.15, 0.2) is 0 Å². The molecule has 23 heavy (non-hydrogen) atoms. The lowest BCUT2D eigenvalue weighted by atomic mass is 9.83. The summed E-state index contributed by atoms with van der Waals surface area (Å²) in [4.78, 5) is 13.7.